The van der Waals surface area contributed by atoms with Gasteiger partial charge in [0, 0.05) is 17.8 Å². The number of aliphatic carboxylic acids is 2. The maximum absolute atomic E-state index is 12.6. The Morgan fingerprint density at radius 3 is 2.10 bits per heavy atom. The van der Waals surface area contributed by atoms with Crippen LogP contribution in [0.2, 0.25) is 0 Å². The van der Waals surface area contributed by atoms with E-state index in [-0.39, 0.29) is 5.91 Å². The minimum atomic E-state index is -5.08. The van der Waals surface area contributed by atoms with Gasteiger partial charge < -0.3 is 26.4 Å². The van der Waals surface area contributed by atoms with Crippen LogP contribution in [-0.2, 0) is 25.7 Å². The molecule has 0 saturated heterocycles. The summed E-state index contributed by atoms with van der Waals surface area (Å²) in [6, 6.07) is 15.1. The van der Waals surface area contributed by atoms with E-state index in [0.29, 0.717) is 35.9 Å². The molecule has 0 aromatic heterocycles. The van der Waals surface area contributed by atoms with Crippen LogP contribution < -0.4 is 16.4 Å². The Bertz CT molecular complexity index is 1310. The summed E-state index contributed by atoms with van der Waals surface area (Å²) in [5, 5.41) is 16.2. The molecule has 42 heavy (non-hydrogen) atoms. The number of halogens is 3. The topological polar surface area (TPSA) is 194 Å². The highest BCUT2D eigenvalue weighted by molar-refractivity contribution is 8.02. The number of alkyl halides is 3. The first-order valence-electron chi connectivity index (χ1n) is 11.9. The van der Waals surface area contributed by atoms with Crippen molar-refractivity contribution < 1.29 is 52.1 Å². The molecule has 1 aliphatic rings. The molecule has 1 aliphatic heterocycles. The van der Waals surface area contributed by atoms with E-state index >= 15 is 0 Å². The van der Waals surface area contributed by atoms with E-state index in [4.69, 9.17) is 31.2 Å². The lowest BCUT2D eigenvalue weighted by molar-refractivity contribution is -0.192. The second kappa shape index (κ2) is 16.6. The van der Waals surface area contributed by atoms with Crippen molar-refractivity contribution in [3.63, 3.8) is 0 Å². The zero-order valence-corrected chi connectivity index (χ0v) is 23.3. The number of carboxylic acid groups (broad SMARTS) is 2. The van der Waals surface area contributed by atoms with Crippen LogP contribution in [0.3, 0.4) is 0 Å². The maximum atomic E-state index is 12.6. The highest BCUT2D eigenvalue weighted by Crippen LogP contribution is 2.33. The van der Waals surface area contributed by atoms with E-state index in [1.165, 1.54) is 9.21 Å². The Labute approximate surface area is 242 Å². The number of benzene rings is 2. The first kappa shape index (κ1) is 35.5. The number of primary amides is 1. The highest BCUT2D eigenvalue weighted by atomic mass is 32.2. The Morgan fingerprint density at radius 1 is 1.05 bits per heavy atom. The lowest BCUT2D eigenvalue weighted by atomic mass is 10.1. The first-order chi connectivity index (χ1) is 19.6. The largest absolute Gasteiger partial charge is 0.490 e. The highest BCUT2D eigenvalue weighted by Gasteiger charge is 2.38. The monoisotopic (exact) mass is 614 g/mol. The Kier molecular flexibility index (Phi) is 14.0. The second-order valence-electron chi connectivity index (χ2n) is 8.12. The summed E-state index contributed by atoms with van der Waals surface area (Å²) in [7, 11) is 0. The Hall–Kier alpha value is -4.57. The van der Waals surface area contributed by atoms with Crippen LogP contribution in [0.1, 0.15) is 29.8 Å². The molecule has 3 rings (SSSR count). The van der Waals surface area contributed by atoms with Crippen molar-refractivity contribution in [1.29, 1.82) is 0 Å². The number of hydrogen-bond donors (Lipinski definition) is 4. The van der Waals surface area contributed by atoms with Crippen molar-refractivity contribution >= 4 is 47.5 Å². The molecule has 0 atom stereocenters. The van der Waals surface area contributed by atoms with Gasteiger partial charge in [-0.2, -0.15) is 13.2 Å². The molecule has 2 aromatic rings. The van der Waals surface area contributed by atoms with Crippen LogP contribution >= 0.6 is 11.9 Å². The number of carbonyl (C=O) groups excluding carboxylic acids is 3. The number of carbonyl (C=O) groups is 5. The maximum Gasteiger partial charge on any atom is 0.490 e. The number of nitrogens with two attached hydrogens (primary N) is 2. The van der Waals surface area contributed by atoms with Crippen molar-refractivity contribution in [3.05, 3.63) is 76.2 Å². The number of rotatable bonds is 7. The van der Waals surface area contributed by atoms with Gasteiger partial charge in [0.15, 0.2) is 0 Å². The fourth-order valence-electron chi connectivity index (χ4n) is 3.05. The quantitative estimate of drug-likeness (QED) is 0.265. The van der Waals surface area contributed by atoms with E-state index in [0.717, 1.165) is 23.1 Å². The van der Waals surface area contributed by atoms with E-state index in [9.17, 15) is 32.3 Å². The molecule has 228 valence electrons. The summed E-state index contributed by atoms with van der Waals surface area (Å²) < 4.78 is 37.9. The molecule has 0 fully saturated rings. The fourth-order valence-corrected chi connectivity index (χ4v) is 3.97. The standard InChI is InChI=1S/C16H16N2O3.C8H12N2O3S.C2HF3O2/c17-10-12-5-4-6-13(9-12)16(21)18(11-15(19)20)14-7-2-1-3-8-14;1-3-13-7(11)6-5(2)4-10(14-6)8(9)12;3-2(4,5)1(6)7/h1-9H,10-11,17H2,(H,19,20);3-4H2,1-2H3,(H2,9,12);(H,6,7). The predicted molar refractivity (Wildman–Crippen MR) is 147 cm³/mol. The van der Waals surface area contributed by atoms with E-state index in [1.807, 2.05) is 12.1 Å². The summed E-state index contributed by atoms with van der Waals surface area (Å²) in [5.74, 6) is -4.58. The zero-order chi connectivity index (χ0) is 32.0. The third-order valence-corrected chi connectivity index (χ3v) is 6.16. The van der Waals surface area contributed by atoms with Crippen LogP contribution in [-0.4, -0.2) is 70.2 Å². The van der Waals surface area contributed by atoms with Gasteiger partial charge >= 0.3 is 30.1 Å². The van der Waals surface area contributed by atoms with Gasteiger partial charge in [0.2, 0.25) is 0 Å². The molecule has 3 amide bonds. The molecule has 0 radical (unpaired) electrons. The van der Waals surface area contributed by atoms with Gasteiger partial charge in [-0.1, -0.05) is 30.3 Å². The average molecular weight is 615 g/mol. The lowest BCUT2D eigenvalue weighted by Gasteiger charge is -2.21. The number of amides is 3. The van der Waals surface area contributed by atoms with E-state index in [1.54, 1.807) is 56.3 Å². The van der Waals surface area contributed by atoms with Gasteiger partial charge in [-0.05, 0) is 61.2 Å². The molecule has 6 N–H and O–H groups in total. The molecule has 16 heteroatoms. The third kappa shape index (κ3) is 11.5. The van der Waals surface area contributed by atoms with E-state index in [2.05, 4.69) is 0 Å². The lowest BCUT2D eigenvalue weighted by Crippen LogP contribution is -2.35. The van der Waals surface area contributed by atoms with Crippen LogP contribution in [0, 0.1) is 0 Å². The molecule has 0 bridgehead atoms. The zero-order valence-electron chi connectivity index (χ0n) is 22.5. The first-order valence-corrected chi connectivity index (χ1v) is 12.7. The van der Waals surface area contributed by atoms with Crippen LogP contribution in [0.25, 0.3) is 0 Å². The smallest absolute Gasteiger partial charge is 0.480 e. The summed E-state index contributed by atoms with van der Waals surface area (Å²) in [5.41, 5.74) is 13.3. The van der Waals surface area contributed by atoms with Crippen molar-refractivity contribution in [2.24, 2.45) is 11.5 Å². The van der Waals surface area contributed by atoms with Gasteiger partial charge in [0.1, 0.15) is 11.4 Å². The number of hydrogen-bond acceptors (Lipinski definition) is 8. The van der Waals surface area contributed by atoms with Crippen LogP contribution in [0.15, 0.2) is 65.1 Å². The molecular weight excluding hydrogens is 585 g/mol. The number of urea groups is 1. The normalized spacial score (nSPS) is 12.3. The van der Waals surface area contributed by atoms with Gasteiger partial charge in [0.05, 0.1) is 13.2 Å². The van der Waals surface area contributed by atoms with Gasteiger partial charge in [-0.3, -0.25) is 18.8 Å². The SMILES string of the molecule is CCOC(=O)C1=C(C)CN(C(N)=O)S1.NCc1cccc(C(=O)N(CC(=O)O)c2ccccc2)c1.O=C(O)C(F)(F)F. The molecule has 1 heterocycles. The summed E-state index contributed by atoms with van der Waals surface area (Å²) in [6.07, 6.45) is -5.08. The van der Waals surface area contributed by atoms with Crippen molar-refractivity contribution in [1.82, 2.24) is 4.31 Å². The van der Waals surface area contributed by atoms with Crippen LogP contribution in [0.5, 0.6) is 0 Å². The Balaban J connectivity index is 0.000000361. The minimum Gasteiger partial charge on any atom is -0.480 e. The summed E-state index contributed by atoms with van der Waals surface area (Å²) in [6.45, 7) is 4.16. The number of para-hydroxylation sites is 1. The van der Waals surface area contributed by atoms with Gasteiger partial charge in [-0.15, -0.1) is 0 Å². The molecule has 0 aliphatic carbocycles. The molecule has 0 spiro atoms. The predicted octanol–water partition coefficient (Wildman–Crippen LogP) is 3.38. The van der Waals surface area contributed by atoms with E-state index < -0.39 is 36.7 Å². The minimum absolute atomic E-state index is 0.325. The number of anilines is 1. The molecular formula is C26H29F3N4O8S. The van der Waals surface area contributed by atoms with Crippen molar-refractivity contribution in [2.45, 2.75) is 26.6 Å². The second-order valence-corrected chi connectivity index (χ2v) is 9.16. The molecule has 12 nitrogen and oxygen atoms in total. The van der Waals surface area contributed by atoms with Crippen molar-refractivity contribution in [2.75, 3.05) is 24.6 Å². The summed E-state index contributed by atoms with van der Waals surface area (Å²) >= 11 is 1.04. The van der Waals surface area contributed by atoms with Crippen molar-refractivity contribution in [3.8, 4) is 0 Å². The molecule has 0 saturated carbocycles. The van der Waals surface area contributed by atoms with Gasteiger partial charge in [-0.25, -0.2) is 14.4 Å². The number of nitrogens with zero attached hydrogens (tertiary/aromatic N) is 2. The average Bonchev–Trinajstić information content (AvgIpc) is 3.34. The number of carboxylic acids is 2. The van der Waals surface area contributed by atoms with Crippen LogP contribution in [0.4, 0.5) is 23.7 Å². The molecule has 2 aromatic carbocycles. The van der Waals surface area contributed by atoms with Gasteiger partial charge in [0.25, 0.3) is 5.91 Å². The fraction of sp³-hybridized carbons (Fsp3) is 0.269. The number of ether oxygens (including phenoxy) is 1. The molecule has 0 unspecified atom stereocenters. The Morgan fingerprint density at radius 2 is 1.64 bits per heavy atom. The third-order valence-electron chi connectivity index (χ3n) is 4.94. The summed E-state index contributed by atoms with van der Waals surface area (Å²) in [4.78, 5) is 56.4. The number of esters is 1.